The van der Waals surface area contributed by atoms with Crippen molar-refractivity contribution in [2.45, 2.75) is 13.1 Å². The van der Waals surface area contributed by atoms with Crippen LogP contribution in [0.1, 0.15) is 10.9 Å². The Morgan fingerprint density at radius 3 is 3.07 bits per heavy atom. The zero-order chi connectivity index (χ0) is 9.80. The maximum atomic E-state index is 5.32. The van der Waals surface area contributed by atoms with Crippen molar-refractivity contribution in [3.63, 3.8) is 0 Å². The Balaban J connectivity index is 1.92. The standard InChI is InChI=1S/C7H9N5OS/c8-3-5-11-12-7(13-5)10-4-6-9-1-2-14-6/h1-2H,3-4,8H2,(H,10,12). The fourth-order valence-corrected chi connectivity index (χ4v) is 1.46. The molecule has 2 aromatic heterocycles. The minimum atomic E-state index is 0.256. The molecule has 2 rings (SSSR count). The van der Waals surface area contributed by atoms with E-state index in [4.69, 9.17) is 10.2 Å². The van der Waals surface area contributed by atoms with Gasteiger partial charge in [-0.3, -0.25) is 0 Å². The molecule has 0 saturated heterocycles. The van der Waals surface area contributed by atoms with Crippen LogP contribution in [0.4, 0.5) is 6.01 Å². The van der Waals surface area contributed by atoms with Crippen molar-refractivity contribution < 1.29 is 4.42 Å². The summed E-state index contributed by atoms with van der Waals surface area (Å²) in [6, 6.07) is 0.376. The number of hydrogen-bond donors (Lipinski definition) is 2. The Kier molecular flexibility index (Phi) is 2.70. The van der Waals surface area contributed by atoms with Gasteiger partial charge < -0.3 is 15.5 Å². The quantitative estimate of drug-likeness (QED) is 0.769. The van der Waals surface area contributed by atoms with E-state index in [-0.39, 0.29) is 6.54 Å². The summed E-state index contributed by atoms with van der Waals surface area (Å²) < 4.78 is 5.15. The molecule has 0 saturated carbocycles. The lowest BCUT2D eigenvalue weighted by Crippen LogP contribution is -1.98. The highest BCUT2D eigenvalue weighted by atomic mass is 32.1. The van der Waals surface area contributed by atoms with Gasteiger partial charge in [0.25, 0.3) is 0 Å². The lowest BCUT2D eigenvalue weighted by molar-refractivity contribution is 0.507. The van der Waals surface area contributed by atoms with Crippen molar-refractivity contribution >= 4 is 17.4 Å². The number of aromatic nitrogens is 3. The molecular weight excluding hydrogens is 202 g/mol. The van der Waals surface area contributed by atoms with Crippen LogP contribution in [0.25, 0.3) is 0 Å². The van der Waals surface area contributed by atoms with Gasteiger partial charge in [-0.05, 0) is 0 Å². The van der Waals surface area contributed by atoms with Crippen LogP contribution in [0.15, 0.2) is 16.0 Å². The Morgan fingerprint density at radius 2 is 2.43 bits per heavy atom. The second kappa shape index (κ2) is 4.16. The summed E-state index contributed by atoms with van der Waals surface area (Å²) >= 11 is 1.57. The van der Waals surface area contributed by atoms with E-state index in [0.717, 1.165) is 5.01 Å². The van der Waals surface area contributed by atoms with Gasteiger partial charge in [0, 0.05) is 11.6 Å². The Morgan fingerprint density at radius 1 is 1.50 bits per heavy atom. The lowest BCUT2D eigenvalue weighted by Gasteiger charge is -1.95. The highest BCUT2D eigenvalue weighted by molar-refractivity contribution is 7.09. The minimum absolute atomic E-state index is 0.256. The maximum Gasteiger partial charge on any atom is 0.315 e. The third kappa shape index (κ3) is 2.06. The van der Waals surface area contributed by atoms with Crippen molar-refractivity contribution in [1.29, 1.82) is 0 Å². The average Bonchev–Trinajstić information content (AvgIpc) is 2.86. The molecule has 14 heavy (non-hydrogen) atoms. The van der Waals surface area contributed by atoms with Crippen LogP contribution in [0.5, 0.6) is 0 Å². The Bertz CT molecular complexity index is 384. The fraction of sp³-hybridized carbons (Fsp3) is 0.286. The number of hydrogen-bond acceptors (Lipinski definition) is 7. The molecule has 74 valence electrons. The predicted molar refractivity (Wildman–Crippen MR) is 51.6 cm³/mol. The first-order valence-corrected chi connectivity index (χ1v) is 4.91. The molecule has 0 aliphatic carbocycles. The molecule has 0 spiro atoms. The van der Waals surface area contributed by atoms with E-state index in [9.17, 15) is 0 Å². The normalized spacial score (nSPS) is 10.4. The topological polar surface area (TPSA) is 89.9 Å². The van der Waals surface area contributed by atoms with Crippen LogP contribution >= 0.6 is 11.3 Å². The zero-order valence-corrected chi connectivity index (χ0v) is 8.12. The minimum Gasteiger partial charge on any atom is -0.407 e. The van der Waals surface area contributed by atoms with Crippen LogP contribution in [0.3, 0.4) is 0 Å². The largest absolute Gasteiger partial charge is 0.407 e. The number of thiazole rings is 1. The Labute approximate surface area is 84.2 Å². The van der Waals surface area contributed by atoms with Gasteiger partial charge >= 0.3 is 6.01 Å². The average molecular weight is 211 g/mol. The van der Waals surface area contributed by atoms with Gasteiger partial charge in [-0.2, -0.15) is 0 Å². The van der Waals surface area contributed by atoms with Crippen LogP contribution < -0.4 is 11.1 Å². The van der Waals surface area contributed by atoms with Crippen LogP contribution in [0, 0.1) is 0 Å². The van der Waals surface area contributed by atoms with Crippen LogP contribution in [-0.2, 0) is 13.1 Å². The summed E-state index contributed by atoms with van der Waals surface area (Å²) in [6.07, 6.45) is 1.75. The van der Waals surface area contributed by atoms with Gasteiger partial charge in [-0.25, -0.2) is 4.98 Å². The summed E-state index contributed by atoms with van der Waals surface area (Å²) in [4.78, 5) is 4.10. The number of nitrogens with one attached hydrogen (secondary N) is 1. The molecule has 0 amide bonds. The molecule has 2 heterocycles. The summed E-state index contributed by atoms with van der Waals surface area (Å²) in [5.41, 5.74) is 5.32. The molecule has 0 fully saturated rings. The summed E-state index contributed by atoms with van der Waals surface area (Å²) in [5.74, 6) is 0.423. The summed E-state index contributed by atoms with van der Waals surface area (Å²) in [7, 11) is 0. The molecule has 0 aliphatic rings. The monoisotopic (exact) mass is 211 g/mol. The second-order valence-electron chi connectivity index (χ2n) is 2.48. The third-order valence-electron chi connectivity index (χ3n) is 1.52. The van der Waals surface area contributed by atoms with E-state index in [2.05, 4.69) is 20.5 Å². The van der Waals surface area contributed by atoms with E-state index in [0.29, 0.717) is 18.5 Å². The zero-order valence-electron chi connectivity index (χ0n) is 7.30. The first-order chi connectivity index (χ1) is 6.88. The number of nitrogens with two attached hydrogens (primary N) is 1. The number of nitrogens with zero attached hydrogens (tertiary/aromatic N) is 3. The molecule has 0 unspecified atom stereocenters. The van der Waals surface area contributed by atoms with E-state index in [1.165, 1.54) is 0 Å². The molecule has 0 aromatic carbocycles. The van der Waals surface area contributed by atoms with E-state index >= 15 is 0 Å². The van der Waals surface area contributed by atoms with Crippen molar-refractivity contribution in [3.8, 4) is 0 Å². The number of rotatable bonds is 4. The second-order valence-corrected chi connectivity index (χ2v) is 3.46. The highest BCUT2D eigenvalue weighted by Crippen LogP contribution is 2.09. The molecule has 0 atom stereocenters. The van der Waals surface area contributed by atoms with E-state index < -0.39 is 0 Å². The van der Waals surface area contributed by atoms with Crippen LogP contribution in [0.2, 0.25) is 0 Å². The molecule has 0 radical (unpaired) electrons. The third-order valence-corrected chi connectivity index (χ3v) is 2.30. The molecule has 3 N–H and O–H groups in total. The van der Waals surface area contributed by atoms with E-state index in [1.54, 1.807) is 17.5 Å². The van der Waals surface area contributed by atoms with Gasteiger partial charge in [0.05, 0.1) is 13.1 Å². The molecule has 0 bridgehead atoms. The fourth-order valence-electron chi connectivity index (χ4n) is 0.899. The highest BCUT2D eigenvalue weighted by Gasteiger charge is 2.03. The summed E-state index contributed by atoms with van der Waals surface area (Å²) in [5, 5.41) is 13.3. The van der Waals surface area contributed by atoms with Crippen LogP contribution in [-0.4, -0.2) is 15.2 Å². The first kappa shape index (κ1) is 9.10. The lowest BCUT2D eigenvalue weighted by atomic mass is 10.7. The smallest absolute Gasteiger partial charge is 0.315 e. The van der Waals surface area contributed by atoms with Crippen molar-refractivity contribution in [3.05, 3.63) is 22.5 Å². The molecule has 6 nitrogen and oxygen atoms in total. The molecular formula is C7H9N5OS. The van der Waals surface area contributed by atoms with Crippen molar-refractivity contribution in [2.24, 2.45) is 5.73 Å². The van der Waals surface area contributed by atoms with Gasteiger partial charge in [-0.15, -0.1) is 16.4 Å². The van der Waals surface area contributed by atoms with Gasteiger partial charge in [-0.1, -0.05) is 5.10 Å². The first-order valence-electron chi connectivity index (χ1n) is 4.03. The molecule has 0 aliphatic heterocycles. The Hall–Kier alpha value is -1.47. The van der Waals surface area contributed by atoms with Gasteiger partial charge in [0.15, 0.2) is 0 Å². The van der Waals surface area contributed by atoms with Gasteiger partial charge in [0.1, 0.15) is 5.01 Å². The SMILES string of the molecule is NCc1nnc(NCc2nccs2)o1. The van der Waals surface area contributed by atoms with E-state index in [1.807, 2.05) is 5.38 Å². The maximum absolute atomic E-state index is 5.32. The van der Waals surface area contributed by atoms with Gasteiger partial charge in [0.2, 0.25) is 5.89 Å². The van der Waals surface area contributed by atoms with Crippen molar-refractivity contribution in [1.82, 2.24) is 15.2 Å². The number of anilines is 1. The van der Waals surface area contributed by atoms with Crippen molar-refractivity contribution in [2.75, 3.05) is 5.32 Å². The summed E-state index contributed by atoms with van der Waals surface area (Å²) in [6.45, 7) is 0.843. The predicted octanol–water partition coefficient (Wildman–Crippen LogP) is 0.597. The molecule has 7 heteroatoms. The molecule has 2 aromatic rings.